The zero-order valence-corrected chi connectivity index (χ0v) is 11.0. The highest BCUT2D eigenvalue weighted by atomic mass is 127. The Kier molecular flexibility index (Phi) is 6.25. The summed E-state index contributed by atoms with van der Waals surface area (Å²) in [6, 6.07) is 0. The van der Waals surface area contributed by atoms with Crippen LogP contribution in [0.3, 0.4) is 0 Å². The molecule has 0 aromatic rings. The van der Waals surface area contributed by atoms with Crippen molar-refractivity contribution in [1.82, 2.24) is 0 Å². The minimum atomic E-state index is -2.66. The van der Waals surface area contributed by atoms with Crippen LogP contribution in [-0.4, -0.2) is 21.3 Å². The molecule has 72 valence electrons. The monoisotopic (exact) mass is 398 g/mol. The van der Waals surface area contributed by atoms with E-state index in [0.717, 1.165) is 22.8 Å². The lowest BCUT2D eigenvalue weighted by Crippen LogP contribution is -2.27. The Morgan fingerprint density at radius 3 is 2.08 bits per heavy atom. The smallest absolute Gasteiger partial charge is 0.311 e. The number of hydrogen-bond donors (Lipinski definition) is 3. The lowest BCUT2D eigenvalue weighted by Gasteiger charge is -2.15. The summed E-state index contributed by atoms with van der Waals surface area (Å²) in [6.07, 6.45) is 2.81. The van der Waals surface area contributed by atoms with Crippen LogP contribution in [0.15, 0.2) is 7.16 Å². The zero-order valence-electron chi connectivity index (χ0n) is 6.72. The number of hydrogen-bond acceptors (Lipinski definition) is 3. The van der Waals surface area contributed by atoms with Gasteiger partial charge in [0, 0.05) is 3.58 Å². The van der Waals surface area contributed by atoms with Crippen molar-refractivity contribution in [2.24, 2.45) is 0 Å². The third-order valence-corrected chi connectivity index (χ3v) is 4.77. The van der Waals surface area contributed by atoms with Gasteiger partial charge in [-0.1, -0.05) is 13.3 Å². The SMILES string of the molecule is CCCCC(I)=C(I)C(O)(O)O. The Bertz CT molecular complexity index is 172. The molecule has 5 heteroatoms. The van der Waals surface area contributed by atoms with Crippen molar-refractivity contribution >= 4 is 45.2 Å². The summed E-state index contributed by atoms with van der Waals surface area (Å²) < 4.78 is 0.983. The van der Waals surface area contributed by atoms with Crippen molar-refractivity contribution < 1.29 is 15.3 Å². The zero-order chi connectivity index (χ0) is 9.78. The highest BCUT2D eigenvalue weighted by molar-refractivity contribution is 14.1. The van der Waals surface area contributed by atoms with Gasteiger partial charge in [-0.3, -0.25) is 0 Å². The maximum Gasteiger partial charge on any atom is 0.311 e. The number of aliphatic hydroxyl groups is 3. The molecule has 0 aliphatic carbocycles. The third-order valence-electron chi connectivity index (χ3n) is 1.28. The van der Waals surface area contributed by atoms with Gasteiger partial charge in [0.15, 0.2) is 0 Å². The molecular weight excluding hydrogens is 386 g/mol. The van der Waals surface area contributed by atoms with Crippen LogP contribution in [0.4, 0.5) is 0 Å². The molecule has 0 heterocycles. The quantitative estimate of drug-likeness (QED) is 0.501. The molecule has 0 aliphatic rings. The Morgan fingerprint density at radius 1 is 1.25 bits per heavy atom. The molecule has 0 aromatic heterocycles. The van der Waals surface area contributed by atoms with Crippen LogP contribution in [0.5, 0.6) is 0 Å². The van der Waals surface area contributed by atoms with E-state index in [4.69, 9.17) is 15.3 Å². The van der Waals surface area contributed by atoms with Gasteiger partial charge in [0.25, 0.3) is 0 Å². The van der Waals surface area contributed by atoms with E-state index in [0.29, 0.717) is 0 Å². The molecular formula is C7H12I2O3. The van der Waals surface area contributed by atoms with Gasteiger partial charge in [0.2, 0.25) is 0 Å². The number of allylic oxidation sites excluding steroid dienone is 1. The van der Waals surface area contributed by atoms with Crippen molar-refractivity contribution in [3.8, 4) is 0 Å². The van der Waals surface area contributed by atoms with Gasteiger partial charge in [-0.25, -0.2) is 0 Å². The molecule has 0 spiro atoms. The molecule has 0 amide bonds. The first-order valence-electron chi connectivity index (χ1n) is 3.61. The molecule has 0 bridgehead atoms. The second kappa shape index (κ2) is 5.74. The van der Waals surface area contributed by atoms with Crippen molar-refractivity contribution in [1.29, 1.82) is 0 Å². The molecule has 12 heavy (non-hydrogen) atoms. The fourth-order valence-corrected chi connectivity index (χ4v) is 1.64. The predicted molar refractivity (Wildman–Crippen MR) is 64.0 cm³/mol. The number of rotatable bonds is 4. The van der Waals surface area contributed by atoms with Gasteiger partial charge in [0.1, 0.15) is 0 Å². The summed E-state index contributed by atoms with van der Waals surface area (Å²) in [5.41, 5.74) is 0. The van der Waals surface area contributed by atoms with Crippen LogP contribution >= 0.6 is 45.2 Å². The predicted octanol–water partition coefficient (Wildman–Crippen LogP) is 1.89. The van der Waals surface area contributed by atoms with Crippen LogP contribution < -0.4 is 0 Å². The molecule has 0 atom stereocenters. The molecule has 0 fully saturated rings. The molecule has 3 nitrogen and oxygen atoms in total. The fraction of sp³-hybridized carbons (Fsp3) is 0.714. The van der Waals surface area contributed by atoms with E-state index >= 15 is 0 Å². The van der Waals surface area contributed by atoms with E-state index in [2.05, 4.69) is 6.92 Å². The summed E-state index contributed by atoms with van der Waals surface area (Å²) in [7, 11) is 0. The average Bonchev–Trinajstić information content (AvgIpc) is 1.97. The highest BCUT2D eigenvalue weighted by Gasteiger charge is 2.25. The first-order chi connectivity index (χ1) is 5.39. The van der Waals surface area contributed by atoms with E-state index < -0.39 is 5.97 Å². The van der Waals surface area contributed by atoms with Gasteiger partial charge >= 0.3 is 5.97 Å². The third kappa shape index (κ3) is 4.95. The van der Waals surface area contributed by atoms with Crippen LogP contribution in [0.2, 0.25) is 0 Å². The van der Waals surface area contributed by atoms with Gasteiger partial charge < -0.3 is 15.3 Å². The summed E-state index contributed by atoms with van der Waals surface area (Å²) >= 11 is 3.74. The van der Waals surface area contributed by atoms with Gasteiger partial charge in [-0.2, -0.15) is 0 Å². The molecule has 0 saturated heterocycles. The minimum absolute atomic E-state index is 0.189. The summed E-state index contributed by atoms with van der Waals surface area (Å²) in [6.45, 7) is 2.06. The molecule has 0 rings (SSSR count). The molecule has 0 radical (unpaired) electrons. The maximum atomic E-state index is 8.80. The van der Waals surface area contributed by atoms with E-state index in [-0.39, 0.29) is 3.58 Å². The topological polar surface area (TPSA) is 60.7 Å². The summed E-state index contributed by atoms with van der Waals surface area (Å²) in [5, 5.41) is 26.4. The van der Waals surface area contributed by atoms with Crippen LogP contribution in [0.1, 0.15) is 26.2 Å². The summed E-state index contributed by atoms with van der Waals surface area (Å²) in [5.74, 6) is -2.66. The van der Waals surface area contributed by atoms with Gasteiger partial charge in [0.05, 0.1) is 3.58 Å². The first-order valence-corrected chi connectivity index (χ1v) is 5.77. The second-order valence-electron chi connectivity index (χ2n) is 2.46. The van der Waals surface area contributed by atoms with E-state index in [1.54, 1.807) is 22.6 Å². The lowest BCUT2D eigenvalue weighted by molar-refractivity contribution is -0.275. The van der Waals surface area contributed by atoms with Crippen molar-refractivity contribution in [2.45, 2.75) is 32.2 Å². The van der Waals surface area contributed by atoms with E-state index in [9.17, 15) is 0 Å². The molecule has 0 saturated carbocycles. The number of unbranched alkanes of at least 4 members (excludes halogenated alkanes) is 1. The van der Waals surface area contributed by atoms with Gasteiger partial charge in [-0.05, 0) is 58.0 Å². The Labute approximate surface area is 99.1 Å². The molecule has 3 N–H and O–H groups in total. The lowest BCUT2D eigenvalue weighted by atomic mass is 10.2. The van der Waals surface area contributed by atoms with Gasteiger partial charge in [-0.15, -0.1) is 0 Å². The van der Waals surface area contributed by atoms with E-state index in [1.807, 2.05) is 22.6 Å². The Balaban J connectivity index is 4.26. The normalized spacial score (nSPS) is 14.5. The van der Waals surface area contributed by atoms with Crippen molar-refractivity contribution in [2.75, 3.05) is 0 Å². The first kappa shape index (κ1) is 13.1. The van der Waals surface area contributed by atoms with Crippen molar-refractivity contribution in [3.63, 3.8) is 0 Å². The maximum absolute atomic E-state index is 8.80. The standard InChI is InChI=1S/C7H12I2O3/c1-2-3-4-5(8)6(9)7(10,11)12/h10-12H,2-4H2,1H3. The van der Waals surface area contributed by atoms with Crippen LogP contribution in [0, 0.1) is 0 Å². The second-order valence-corrected chi connectivity index (χ2v) is 4.84. The average molecular weight is 398 g/mol. The highest BCUT2D eigenvalue weighted by Crippen LogP contribution is 2.29. The van der Waals surface area contributed by atoms with Crippen LogP contribution in [-0.2, 0) is 0 Å². The van der Waals surface area contributed by atoms with Crippen LogP contribution in [0.25, 0.3) is 0 Å². The minimum Gasteiger partial charge on any atom is -0.339 e. The Hall–Kier alpha value is 1.08. The fourth-order valence-electron chi connectivity index (χ4n) is 0.624. The molecule has 0 aliphatic heterocycles. The summed E-state index contributed by atoms with van der Waals surface area (Å²) in [4.78, 5) is 0. The number of halogens is 2. The molecule has 0 aromatic carbocycles. The largest absolute Gasteiger partial charge is 0.339 e. The van der Waals surface area contributed by atoms with Crippen molar-refractivity contribution in [3.05, 3.63) is 7.16 Å². The van der Waals surface area contributed by atoms with E-state index in [1.165, 1.54) is 0 Å². The molecule has 0 unspecified atom stereocenters. The Morgan fingerprint density at radius 2 is 1.75 bits per heavy atom.